The molecule has 3 rings (SSSR count). The van der Waals surface area contributed by atoms with Gasteiger partial charge in [0.2, 0.25) is 0 Å². The van der Waals surface area contributed by atoms with Crippen molar-refractivity contribution in [2.45, 2.75) is 13.2 Å². The molecule has 0 fully saturated rings. The molecule has 0 aliphatic carbocycles. The Morgan fingerprint density at radius 3 is 2.25 bits per heavy atom. The van der Waals surface area contributed by atoms with Crippen LogP contribution in [0.5, 0.6) is 0 Å². The van der Waals surface area contributed by atoms with E-state index in [-0.39, 0.29) is 18.8 Å². The highest BCUT2D eigenvalue weighted by atomic mass is 16.5. The van der Waals surface area contributed by atoms with Crippen molar-refractivity contribution in [3.05, 3.63) is 89.2 Å². The summed E-state index contributed by atoms with van der Waals surface area (Å²) in [7, 11) is 1.85. The molecule has 0 saturated carbocycles. The molecule has 3 aromatic rings. The second-order valence-corrected chi connectivity index (χ2v) is 6.54. The van der Waals surface area contributed by atoms with E-state index in [4.69, 9.17) is 16.2 Å². The lowest BCUT2D eigenvalue weighted by Crippen LogP contribution is -2.23. The number of rotatable bonds is 7. The predicted octanol–water partition coefficient (Wildman–Crippen LogP) is 2.73. The van der Waals surface area contributed by atoms with Crippen LogP contribution in [-0.4, -0.2) is 30.3 Å². The Kier molecular flexibility index (Phi) is 9.20. The van der Waals surface area contributed by atoms with Gasteiger partial charge in [-0.2, -0.15) is 0 Å². The number of carbonyl (C=O) groups is 3. The summed E-state index contributed by atoms with van der Waals surface area (Å²) >= 11 is 0. The van der Waals surface area contributed by atoms with Crippen LogP contribution in [0.3, 0.4) is 0 Å². The maximum Gasteiger partial charge on any atom is 0.407 e. The van der Waals surface area contributed by atoms with E-state index in [2.05, 4.69) is 15.6 Å². The van der Waals surface area contributed by atoms with E-state index >= 15 is 0 Å². The number of carbonyl (C=O) groups excluding carboxylic acids is 3. The van der Waals surface area contributed by atoms with Crippen molar-refractivity contribution in [1.29, 1.82) is 0 Å². The highest BCUT2D eigenvalue weighted by Gasteiger charge is 2.05. The van der Waals surface area contributed by atoms with Gasteiger partial charge in [0.25, 0.3) is 5.91 Å². The Hall–Kier alpha value is -4.40. The van der Waals surface area contributed by atoms with E-state index in [0.29, 0.717) is 11.1 Å². The predicted molar refractivity (Wildman–Crippen MR) is 122 cm³/mol. The summed E-state index contributed by atoms with van der Waals surface area (Å²) < 4.78 is 5.03. The van der Waals surface area contributed by atoms with E-state index in [0.717, 1.165) is 23.2 Å². The fourth-order valence-electron chi connectivity index (χ4n) is 2.47. The molecule has 0 aliphatic rings. The molecule has 2 aromatic carbocycles. The molecular formula is C23H25N5O4. The lowest BCUT2D eigenvalue weighted by atomic mass is 10.1. The number of anilines is 2. The van der Waals surface area contributed by atoms with E-state index in [1.54, 1.807) is 30.3 Å². The zero-order valence-electron chi connectivity index (χ0n) is 17.6. The van der Waals surface area contributed by atoms with Crippen molar-refractivity contribution < 1.29 is 19.1 Å². The smallest absolute Gasteiger partial charge is 0.407 e. The number of aldehydes is 1. The third kappa shape index (κ3) is 7.79. The van der Waals surface area contributed by atoms with Gasteiger partial charge in [0.05, 0.1) is 11.4 Å². The standard InChI is InChI=1S/C16H15N3O4.C7H10N2/c17-15(21)14-6-5-13(8-18-14)10-23-16(22)19-7-11-1-3-12(9-20)4-2-11;1-9-7-5-3-2-4-6(7)8/h1-6,8-9H,7,10H2,(H2,17,21)(H,19,22);2-5,9H,8H2,1H3. The van der Waals surface area contributed by atoms with Crippen LogP contribution in [-0.2, 0) is 17.9 Å². The van der Waals surface area contributed by atoms with Crippen LogP contribution in [0, 0.1) is 0 Å². The maximum atomic E-state index is 11.6. The lowest BCUT2D eigenvalue weighted by Gasteiger charge is -2.07. The van der Waals surface area contributed by atoms with Gasteiger partial charge in [0, 0.05) is 30.9 Å². The second-order valence-electron chi connectivity index (χ2n) is 6.54. The molecule has 1 aromatic heterocycles. The number of nitrogens with one attached hydrogen (secondary N) is 2. The first kappa shape index (κ1) is 23.9. The third-order valence-corrected chi connectivity index (χ3v) is 4.23. The fourth-order valence-corrected chi connectivity index (χ4v) is 2.47. The Bertz CT molecular complexity index is 1040. The van der Waals surface area contributed by atoms with Gasteiger partial charge in [-0.25, -0.2) is 4.79 Å². The van der Waals surface area contributed by atoms with Crippen molar-refractivity contribution >= 4 is 29.7 Å². The van der Waals surface area contributed by atoms with Crippen molar-refractivity contribution in [3.63, 3.8) is 0 Å². The summed E-state index contributed by atoms with van der Waals surface area (Å²) in [4.78, 5) is 36.9. The Morgan fingerprint density at radius 2 is 1.72 bits per heavy atom. The van der Waals surface area contributed by atoms with E-state index in [9.17, 15) is 14.4 Å². The minimum atomic E-state index is -0.615. The molecule has 0 radical (unpaired) electrons. The first-order valence-electron chi connectivity index (χ1n) is 9.64. The van der Waals surface area contributed by atoms with Gasteiger partial charge < -0.3 is 26.8 Å². The largest absolute Gasteiger partial charge is 0.445 e. The topological polar surface area (TPSA) is 149 Å². The number of aromatic nitrogens is 1. The lowest BCUT2D eigenvalue weighted by molar-refractivity contribution is 0.0994. The third-order valence-electron chi connectivity index (χ3n) is 4.23. The summed E-state index contributed by atoms with van der Waals surface area (Å²) in [6, 6.07) is 17.6. The number of pyridine rings is 1. The highest BCUT2D eigenvalue weighted by Crippen LogP contribution is 2.14. The Balaban J connectivity index is 0.000000336. The zero-order chi connectivity index (χ0) is 23.3. The molecule has 0 bridgehead atoms. The van der Waals surface area contributed by atoms with Crippen molar-refractivity contribution in [1.82, 2.24) is 10.3 Å². The number of amides is 2. The van der Waals surface area contributed by atoms with Gasteiger partial charge in [0.15, 0.2) is 0 Å². The zero-order valence-corrected chi connectivity index (χ0v) is 17.6. The van der Waals surface area contributed by atoms with Crippen LogP contribution in [0.25, 0.3) is 0 Å². The molecule has 166 valence electrons. The normalized spacial score (nSPS) is 9.66. The first-order chi connectivity index (χ1) is 15.4. The van der Waals surface area contributed by atoms with Gasteiger partial charge in [-0.05, 0) is 23.8 Å². The van der Waals surface area contributed by atoms with Crippen LogP contribution < -0.4 is 22.1 Å². The summed E-state index contributed by atoms with van der Waals surface area (Å²) in [5, 5.41) is 5.56. The molecule has 1 heterocycles. The Morgan fingerprint density at radius 1 is 1.03 bits per heavy atom. The van der Waals surface area contributed by atoms with Crippen molar-refractivity contribution in [3.8, 4) is 0 Å². The van der Waals surface area contributed by atoms with Gasteiger partial charge in [0.1, 0.15) is 18.6 Å². The molecule has 0 aliphatic heterocycles. The average Bonchev–Trinajstić information content (AvgIpc) is 2.82. The van der Waals surface area contributed by atoms with Crippen LogP contribution in [0.4, 0.5) is 16.2 Å². The number of primary amides is 1. The summed E-state index contributed by atoms with van der Waals surface area (Å²) in [6.45, 7) is 0.318. The fraction of sp³-hybridized carbons (Fsp3) is 0.130. The summed E-state index contributed by atoms with van der Waals surface area (Å²) in [6.07, 6.45) is 1.59. The van der Waals surface area contributed by atoms with Gasteiger partial charge in [-0.3, -0.25) is 14.6 Å². The molecule has 9 nitrogen and oxygen atoms in total. The minimum Gasteiger partial charge on any atom is -0.445 e. The number of nitrogen functional groups attached to an aromatic ring is 1. The monoisotopic (exact) mass is 435 g/mol. The number of nitrogens with two attached hydrogens (primary N) is 2. The van der Waals surface area contributed by atoms with Crippen LogP contribution in [0.15, 0.2) is 66.9 Å². The number of para-hydroxylation sites is 2. The number of ether oxygens (including phenoxy) is 1. The molecule has 2 amide bonds. The first-order valence-corrected chi connectivity index (χ1v) is 9.64. The number of benzene rings is 2. The van der Waals surface area contributed by atoms with E-state index in [1.165, 1.54) is 12.3 Å². The number of hydrogen-bond donors (Lipinski definition) is 4. The van der Waals surface area contributed by atoms with Crippen molar-refractivity contribution in [2.75, 3.05) is 18.1 Å². The second kappa shape index (κ2) is 12.3. The highest BCUT2D eigenvalue weighted by molar-refractivity contribution is 5.90. The number of alkyl carbamates (subject to hydrolysis) is 1. The summed E-state index contributed by atoms with van der Waals surface area (Å²) in [5.41, 5.74) is 14.6. The van der Waals surface area contributed by atoms with Gasteiger partial charge >= 0.3 is 6.09 Å². The number of hydrogen-bond acceptors (Lipinski definition) is 7. The molecule has 32 heavy (non-hydrogen) atoms. The van der Waals surface area contributed by atoms with E-state index in [1.807, 2.05) is 31.3 Å². The molecule has 0 atom stereocenters. The molecule has 6 N–H and O–H groups in total. The average molecular weight is 435 g/mol. The quantitative estimate of drug-likeness (QED) is 0.329. The molecular weight excluding hydrogens is 410 g/mol. The van der Waals surface area contributed by atoms with Crippen LogP contribution in [0.1, 0.15) is 32.0 Å². The van der Waals surface area contributed by atoms with Gasteiger partial charge in [-0.1, -0.05) is 42.5 Å². The molecule has 0 unspecified atom stereocenters. The molecule has 9 heteroatoms. The van der Waals surface area contributed by atoms with E-state index < -0.39 is 12.0 Å². The van der Waals surface area contributed by atoms with Crippen molar-refractivity contribution in [2.24, 2.45) is 5.73 Å². The maximum absolute atomic E-state index is 11.6. The van der Waals surface area contributed by atoms with Gasteiger partial charge in [-0.15, -0.1) is 0 Å². The molecule has 0 spiro atoms. The Labute approximate surface area is 185 Å². The number of nitrogens with zero attached hydrogens (tertiary/aromatic N) is 1. The summed E-state index contributed by atoms with van der Waals surface area (Å²) in [5.74, 6) is -0.615. The minimum absolute atomic E-state index is 0.0297. The SMILES string of the molecule is CNc1ccccc1N.NC(=O)c1ccc(COC(=O)NCc2ccc(C=O)cc2)cn1. The van der Waals surface area contributed by atoms with Crippen LogP contribution >= 0.6 is 0 Å². The molecule has 0 saturated heterocycles. The van der Waals surface area contributed by atoms with Crippen LogP contribution in [0.2, 0.25) is 0 Å².